The number of ketones is 1. The van der Waals surface area contributed by atoms with Gasteiger partial charge in [0.05, 0.1) is 0 Å². The zero-order chi connectivity index (χ0) is 12.7. The topological polar surface area (TPSA) is 29.1 Å². The van der Waals surface area contributed by atoms with E-state index in [2.05, 4.69) is 37.4 Å². The van der Waals surface area contributed by atoms with Crippen molar-refractivity contribution < 1.29 is 4.79 Å². The van der Waals surface area contributed by atoms with Crippen LogP contribution in [0.3, 0.4) is 0 Å². The van der Waals surface area contributed by atoms with Gasteiger partial charge in [-0.3, -0.25) is 4.79 Å². The van der Waals surface area contributed by atoms with Crippen molar-refractivity contribution in [2.45, 2.75) is 46.5 Å². The number of Topliss-reactive ketones (excluding diaryl/α,β-unsaturated/α-hetero) is 1. The Hall–Kier alpha value is -1.31. The first-order valence-electron chi connectivity index (χ1n) is 6.52. The Labute approximate surface area is 104 Å². The van der Waals surface area contributed by atoms with Crippen molar-refractivity contribution in [1.82, 2.24) is 0 Å². The predicted octanol–water partition coefficient (Wildman–Crippen LogP) is 3.73. The summed E-state index contributed by atoms with van der Waals surface area (Å²) in [5.74, 6) is 0.352. The van der Waals surface area contributed by atoms with Crippen LogP contribution in [0.2, 0.25) is 0 Å². The second-order valence-corrected chi connectivity index (χ2v) is 4.48. The molecule has 2 heteroatoms. The van der Waals surface area contributed by atoms with Crippen LogP contribution in [0.4, 0.5) is 5.69 Å². The SMILES string of the molecule is CCCC(=O)CCNc1ccc(C)cc1CC. The zero-order valence-electron chi connectivity index (χ0n) is 11.2. The monoisotopic (exact) mass is 233 g/mol. The van der Waals surface area contributed by atoms with Gasteiger partial charge in [-0.1, -0.05) is 31.5 Å². The van der Waals surface area contributed by atoms with Gasteiger partial charge in [-0.05, 0) is 31.4 Å². The van der Waals surface area contributed by atoms with Crippen molar-refractivity contribution in [2.24, 2.45) is 0 Å². The Morgan fingerprint density at radius 2 is 2.00 bits per heavy atom. The fraction of sp³-hybridized carbons (Fsp3) is 0.533. The number of hydrogen-bond acceptors (Lipinski definition) is 2. The van der Waals surface area contributed by atoms with E-state index in [1.807, 2.05) is 6.92 Å². The van der Waals surface area contributed by atoms with E-state index >= 15 is 0 Å². The van der Waals surface area contributed by atoms with Crippen LogP contribution in [0, 0.1) is 6.92 Å². The summed E-state index contributed by atoms with van der Waals surface area (Å²) in [5, 5.41) is 3.36. The number of rotatable bonds is 7. The Kier molecular flexibility index (Phi) is 5.75. The summed E-state index contributed by atoms with van der Waals surface area (Å²) < 4.78 is 0. The van der Waals surface area contributed by atoms with E-state index < -0.39 is 0 Å². The number of carbonyl (C=O) groups excluding carboxylic acids is 1. The molecule has 0 amide bonds. The molecule has 0 atom stereocenters. The van der Waals surface area contributed by atoms with Gasteiger partial charge in [0, 0.05) is 25.1 Å². The van der Waals surface area contributed by atoms with Gasteiger partial charge >= 0.3 is 0 Å². The van der Waals surface area contributed by atoms with E-state index in [4.69, 9.17) is 0 Å². The molecule has 17 heavy (non-hydrogen) atoms. The highest BCUT2D eigenvalue weighted by Gasteiger charge is 2.03. The molecule has 0 saturated heterocycles. The molecule has 94 valence electrons. The Balaban J connectivity index is 2.49. The third-order valence-corrected chi connectivity index (χ3v) is 2.89. The van der Waals surface area contributed by atoms with Crippen molar-refractivity contribution in [1.29, 1.82) is 0 Å². The summed E-state index contributed by atoms with van der Waals surface area (Å²) in [6.07, 6.45) is 3.30. The lowest BCUT2D eigenvalue weighted by Crippen LogP contribution is -2.09. The predicted molar refractivity (Wildman–Crippen MR) is 73.6 cm³/mol. The molecule has 0 unspecified atom stereocenters. The Morgan fingerprint density at radius 3 is 2.65 bits per heavy atom. The highest BCUT2D eigenvalue weighted by Crippen LogP contribution is 2.17. The normalized spacial score (nSPS) is 10.3. The second-order valence-electron chi connectivity index (χ2n) is 4.48. The maximum absolute atomic E-state index is 11.4. The lowest BCUT2D eigenvalue weighted by Gasteiger charge is -2.11. The quantitative estimate of drug-likeness (QED) is 0.777. The van der Waals surface area contributed by atoms with Crippen LogP contribution < -0.4 is 5.32 Å². The van der Waals surface area contributed by atoms with E-state index in [1.165, 1.54) is 16.8 Å². The van der Waals surface area contributed by atoms with Crippen molar-refractivity contribution in [3.05, 3.63) is 29.3 Å². The summed E-state index contributed by atoms with van der Waals surface area (Å²) in [6, 6.07) is 6.42. The molecule has 1 N–H and O–H groups in total. The zero-order valence-corrected chi connectivity index (χ0v) is 11.2. The van der Waals surface area contributed by atoms with Gasteiger partial charge in [0.15, 0.2) is 0 Å². The van der Waals surface area contributed by atoms with Crippen LogP contribution in [-0.2, 0) is 11.2 Å². The molecule has 1 aromatic rings. The highest BCUT2D eigenvalue weighted by atomic mass is 16.1. The average molecular weight is 233 g/mol. The lowest BCUT2D eigenvalue weighted by atomic mass is 10.1. The number of carbonyl (C=O) groups is 1. The number of nitrogens with one attached hydrogen (secondary N) is 1. The minimum atomic E-state index is 0.352. The molecule has 0 aliphatic carbocycles. The molecule has 0 spiro atoms. The van der Waals surface area contributed by atoms with E-state index in [0.717, 1.165) is 19.4 Å². The maximum atomic E-state index is 11.4. The molecule has 1 rings (SSSR count). The first-order chi connectivity index (χ1) is 8.17. The van der Waals surface area contributed by atoms with Crippen LogP contribution in [0.5, 0.6) is 0 Å². The minimum absolute atomic E-state index is 0.352. The van der Waals surface area contributed by atoms with E-state index in [-0.39, 0.29) is 0 Å². The van der Waals surface area contributed by atoms with Gasteiger partial charge < -0.3 is 5.32 Å². The summed E-state index contributed by atoms with van der Waals surface area (Å²) in [7, 11) is 0. The molecule has 0 bridgehead atoms. The standard InChI is InChI=1S/C15H23NO/c1-4-6-14(17)9-10-16-15-8-7-12(3)11-13(15)5-2/h7-8,11,16H,4-6,9-10H2,1-3H3. The van der Waals surface area contributed by atoms with Gasteiger partial charge in [0.1, 0.15) is 5.78 Å². The van der Waals surface area contributed by atoms with Gasteiger partial charge in [-0.2, -0.15) is 0 Å². The third kappa shape index (κ3) is 4.59. The first-order valence-corrected chi connectivity index (χ1v) is 6.52. The number of anilines is 1. The number of hydrogen-bond donors (Lipinski definition) is 1. The molecule has 0 aliphatic rings. The molecule has 0 saturated carbocycles. The Bertz CT molecular complexity index is 371. The molecule has 0 heterocycles. The molecular formula is C15H23NO. The largest absolute Gasteiger partial charge is 0.384 e. The van der Waals surface area contributed by atoms with Crippen LogP contribution in [-0.4, -0.2) is 12.3 Å². The molecular weight excluding hydrogens is 210 g/mol. The summed E-state index contributed by atoms with van der Waals surface area (Å²) in [5.41, 5.74) is 3.78. The van der Waals surface area contributed by atoms with E-state index in [9.17, 15) is 4.79 Å². The van der Waals surface area contributed by atoms with Gasteiger partial charge in [-0.15, -0.1) is 0 Å². The molecule has 0 aromatic heterocycles. The Morgan fingerprint density at radius 1 is 1.24 bits per heavy atom. The van der Waals surface area contributed by atoms with Gasteiger partial charge in [0.2, 0.25) is 0 Å². The fourth-order valence-electron chi connectivity index (χ4n) is 1.93. The second kappa shape index (κ2) is 7.10. The van der Waals surface area contributed by atoms with E-state index in [1.54, 1.807) is 0 Å². The van der Waals surface area contributed by atoms with Crippen molar-refractivity contribution in [3.8, 4) is 0 Å². The van der Waals surface area contributed by atoms with Crippen molar-refractivity contribution >= 4 is 11.5 Å². The molecule has 0 aliphatic heterocycles. The number of aryl methyl sites for hydroxylation is 2. The highest BCUT2D eigenvalue weighted by molar-refractivity contribution is 5.78. The maximum Gasteiger partial charge on any atom is 0.134 e. The summed E-state index contributed by atoms with van der Waals surface area (Å²) in [6.45, 7) is 7.05. The van der Waals surface area contributed by atoms with Crippen LogP contribution in [0.1, 0.15) is 44.2 Å². The molecule has 0 fully saturated rings. The average Bonchev–Trinajstić information content (AvgIpc) is 2.31. The molecule has 1 aromatic carbocycles. The van der Waals surface area contributed by atoms with Crippen molar-refractivity contribution in [3.63, 3.8) is 0 Å². The fourth-order valence-corrected chi connectivity index (χ4v) is 1.93. The van der Waals surface area contributed by atoms with Gasteiger partial charge in [-0.25, -0.2) is 0 Å². The minimum Gasteiger partial charge on any atom is -0.384 e. The number of benzene rings is 1. The third-order valence-electron chi connectivity index (χ3n) is 2.89. The first kappa shape index (κ1) is 13.8. The van der Waals surface area contributed by atoms with Crippen molar-refractivity contribution in [2.75, 3.05) is 11.9 Å². The van der Waals surface area contributed by atoms with Crippen LogP contribution >= 0.6 is 0 Å². The summed E-state index contributed by atoms with van der Waals surface area (Å²) >= 11 is 0. The molecule has 2 nitrogen and oxygen atoms in total. The van der Waals surface area contributed by atoms with E-state index in [0.29, 0.717) is 18.6 Å². The van der Waals surface area contributed by atoms with Gasteiger partial charge in [0.25, 0.3) is 0 Å². The summed E-state index contributed by atoms with van der Waals surface area (Å²) in [4.78, 5) is 11.4. The smallest absolute Gasteiger partial charge is 0.134 e. The lowest BCUT2D eigenvalue weighted by molar-refractivity contribution is -0.118. The van der Waals surface area contributed by atoms with Crippen LogP contribution in [0.25, 0.3) is 0 Å². The van der Waals surface area contributed by atoms with Crippen LogP contribution in [0.15, 0.2) is 18.2 Å². The molecule has 0 radical (unpaired) electrons.